The van der Waals surface area contributed by atoms with E-state index in [-0.39, 0.29) is 11.3 Å². The van der Waals surface area contributed by atoms with E-state index in [0.29, 0.717) is 12.2 Å². The smallest absolute Gasteiger partial charge is 0.164 e. The van der Waals surface area contributed by atoms with E-state index in [0.717, 1.165) is 0 Å². The molecule has 2 rings (SSSR count). The van der Waals surface area contributed by atoms with Gasteiger partial charge in [0.15, 0.2) is 16.8 Å². The SMILES string of the molecule is C#C[C@@H](c1cnc(Cl)c(F)c1)[C@@H]1COC(C)(C)O1. The highest BCUT2D eigenvalue weighted by atomic mass is 35.5. The van der Waals surface area contributed by atoms with E-state index in [4.69, 9.17) is 27.5 Å². The van der Waals surface area contributed by atoms with Crippen molar-refractivity contribution in [3.05, 3.63) is 28.8 Å². The number of aromatic nitrogens is 1. The van der Waals surface area contributed by atoms with Crippen LogP contribution in [-0.4, -0.2) is 23.5 Å². The van der Waals surface area contributed by atoms with Crippen molar-refractivity contribution in [2.45, 2.75) is 31.7 Å². The minimum atomic E-state index is -0.668. The van der Waals surface area contributed by atoms with Gasteiger partial charge in [-0.3, -0.25) is 0 Å². The molecule has 0 N–H and O–H groups in total. The minimum absolute atomic E-state index is 0.168. The lowest BCUT2D eigenvalue weighted by atomic mass is 9.96. The highest BCUT2D eigenvalue weighted by Crippen LogP contribution is 2.32. The molecule has 0 amide bonds. The van der Waals surface area contributed by atoms with Gasteiger partial charge in [-0.1, -0.05) is 17.5 Å². The molecule has 1 fully saturated rings. The van der Waals surface area contributed by atoms with Gasteiger partial charge < -0.3 is 9.47 Å². The average molecular weight is 270 g/mol. The number of halogens is 2. The van der Waals surface area contributed by atoms with Crippen molar-refractivity contribution in [3.8, 4) is 12.3 Å². The molecule has 5 heteroatoms. The lowest BCUT2D eigenvalue weighted by Gasteiger charge is -2.20. The molecule has 1 aliphatic rings. The first kappa shape index (κ1) is 13.3. The van der Waals surface area contributed by atoms with Crippen LogP contribution in [0, 0.1) is 18.2 Å². The fraction of sp³-hybridized carbons (Fsp3) is 0.462. The quantitative estimate of drug-likeness (QED) is 0.611. The van der Waals surface area contributed by atoms with Gasteiger partial charge >= 0.3 is 0 Å². The first-order valence-electron chi connectivity index (χ1n) is 5.52. The molecular weight excluding hydrogens is 257 g/mol. The molecule has 0 saturated carbocycles. The van der Waals surface area contributed by atoms with Crippen LogP contribution < -0.4 is 0 Å². The van der Waals surface area contributed by atoms with Gasteiger partial charge in [0.1, 0.15) is 6.10 Å². The molecule has 0 radical (unpaired) electrons. The Morgan fingerprint density at radius 1 is 1.67 bits per heavy atom. The Balaban J connectivity index is 2.24. The van der Waals surface area contributed by atoms with E-state index >= 15 is 0 Å². The van der Waals surface area contributed by atoms with Gasteiger partial charge in [0.05, 0.1) is 12.5 Å². The number of pyridine rings is 1. The Kier molecular flexibility index (Phi) is 3.58. The molecular formula is C13H13ClFNO2. The molecule has 1 saturated heterocycles. The summed E-state index contributed by atoms with van der Waals surface area (Å²) in [5, 5.41) is -0.168. The molecule has 0 aliphatic carbocycles. The van der Waals surface area contributed by atoms with Crippen molar-refractivity contribution in [2.24, 2.45) is 0 Å². The largest absolute Gasteiger partial charge is 0.348 e. The van der Waals surface area contributed by atoms with Gasteiger partial charge in [-0.25, -0.2) is 9.37 Å². The maximum Gasteiger partial charge on any atom is 0.164 e. The van der Waals surface area contributed by atoms with E-state index in [9.17, 15) is 4.39 Å². The Labute approximate surface area is 110 Å². The van der Waals surface area contributed by atoms with Crippen LogP contribution in [0.4, 0.5) is 4.39 Å². The molecule has 1 aromatic rings. The van der Waals surface area contributed by atoms with Crippen molar-refractivity contribution in [3.63, 3.8) is 0 Å². The van der Waals surface area contributed by atoms with E-state index in [2.05, 4.69) is 10.9 Å². The van der Waals surface area contributed by atoms with Crippen LogP contribution in [0.25, 0.3) is 0 Å². The fourth-order valence-electron chi connectivity index (χ4n) is 1.90. The molecule has 0 aromatic carbocycles. The third kappa shape index (κ3) is 2.64. The molecule has 2 heterocycles. The zero-order valence-corrected chi connectivity index (χ0v) is 10.9. The number of hydrogen-bond donors (Lipinski definition) is 0. The number of nitrogens with zero attached hydrogens (tertiary/aromatic N) is 1. The predicted octanol–water partition coefficient (Wildman–Crippen LogP) is 2.74. The minimum Gasteiger partial charge on any atom is -0.348 e. The maximum atomic E-state index is 13.4. The first-order valence-corrected chi connectivity index (χ1v) is 5.89. The van der Waals surface area contributed by atoms with Crippen molar-refractivity contribution in [1.29, 1.82) is 0 Å². The average Bonchev–Trinajstić information content (AvgIpc) is 2.65. The van der Waals surface area contributed by atoms with E-state index in [1.54, 1.807) is 13.8 Å². The fourth-order valence-corrected chi connectivity index (χ4v) is 2.01. The molecule has 18 heavy (non-hydrogen) atoms. The summed E-state index contributed by atoms with van der Waals surface area (Å²) < 4.78 is 24.5. The molecule has 3 nitrogen and oxygen atoms in total. The molecule has 0 bridgehead atoms. The summed E-state index contributed by atoms with van der Waals surface area (Å²) in [5.41, 5.74) is 0.561. The molecule has 96 valence electrons. The van der Waals surface area contributed by atoms with Gasteiger partial charge in [-0.05, 0) is 25.5 Å². The topological polar surface area (TPSA) is 31.4 Å². The van der Waals surface area contributed by atoms with Gasteiger partial charge in [0.2, 0.25) is 0 Å². The molecule has 2 atom stereocenters. The Bertz CT molecular complexity index is 498. The normalized spacial score (nSPS) is 23.6. The summed E-state index contributed by atoms with van der Waals surface area (Å²) >= 11 is 5.54. The lowest BCUT2D eigenvalue weighted by Crippen LogP contribution is -2.25. The summed E-state index contributed by atoms with van der Waals surface area (Å²) in [6.45, 7) is 3.98. The van der Waals surface area contributed by atoms with Gasteiger partial charge in [0, 0.05) is 6.20 Å². The molecule has 0 unspecified atom stereocenters. The van der Waals surface area contributed by atoms with Crippen LogP contribution in [0.15, 0.2) is 12.3 Å². The standard InChI is InChI=1S/C13H13ClFNO2/c1-4-9(11-7-17-13(2,3)18-11)8-5-10(15)12(14)16-6-8/h1,5-6,9,11H,7H2,2-3H3/t9-,11-/m0/s1. The van der Waals surface area contributed by atoms with Crippen molar-refractivity contribution in [2.75, 3.05) is 6.61 Å². The van der Waals surface area contributed by atoms with Crippen LogP contribution in [-0.2, 0) is 9.47 Å². The van der Waals surface area contributed by atoms with Crippen LogP contribution in [0.1, 0.15) is 25.3 Å². The van der Waals surface area contributed by atoms with Crippen LogP contribution in [0.3, 0.4) is 0 Å². The van der Waals surface area contributed by atoms with Crippen molar-refractivity contribution in [1.82, 2.24) is 4.98 Å². The Morgan fingerprint density at radius 2 is 2.39 bits per heavy atom. The highest BCUT2D eigenvalue weighted by molar-refractivity contribution is 6.29. The molecule has 1 aliphatic heterocycles. The second-order valence-electron chi connectivity index (χ2n) is 4.55. The van der Waals surface area contributed by atoms with Crippen molar-refractivity contribution >= 4 is 11.6 Å². The number of hydrogen-bond acceptors (Lipinski definition) is 3. The summed E-state index contributed by atoms with van der Waals surface area (Å²) in [7, 11) is 0. The Morgan fingerprint density at radius 3 is 2.89 bits per heavy atom. The number of terminal acetylenes is 1. The first-order chi connectivity index (χ1) is 8.43. The van der Waals surface area contributed by atoms with E-state index in [1.165, 1.54) is 12.3 Å². The monoisotopic (exact) mass is 269 g/mol. The summed E-state index contributed by atoms with van der Waals surface area (Å²) in [4.78, 5) is 3.75. The van der Waals surface area contributed by atoms with Gasteiger partial charge in [-0.15, -0.1) is 6.42 Å². The molecule has 1 aromatic heterocycles. The highest BCUT2D eigenvalue weighted by Gasteiger charge is 2.37. The molecule has 0 spiro atoms. The summed E-state index contributed by atoms with van der Waals surface area (Å²) in [6.07, 6.45) is 6.64. The third-order valence-electron chi connectivity index (χ3n) is 2.76. The summed E-state index contributed by atoms with van der Waals surface area (Å²) in [6, 6.07) is 1.29. The maximum absolute atomic E-state index is 13.4. The van der Waals surface area contributed by atoms with E-state index in [1.807, 2.05) is 0 Å². The summed E-state index contributed by atoms with van der Waals surface area (Å²) in [5.74, 6) is 0.920. The van der Waals surface area contributed by atoms with Crippen LogP contribution >= 0.6 is 11.6 Å². The second-order valence-corrected chi connectivity index (χ2v) is 4.91. The van der Waals surface area contributed by atoms with Gasteiger partial charge in [0.25, 0.3) is 0 Å². The third-order valence-corrected chi connectivity index (χ3v) is 3.04. The van der Waals surface area contributed by atoms with Gasteiger partial charge in [-0.2, -0.15) is 0 Å². The van der Waals surface area contributed by atoms with Crippen molar-refractivity contribution < 1.29 is 13.9 Å². The van der Waals surface area contributed by atoms with Crippen LogP contribution in [0.5, 0.6) is 0 Å². The number of rotatable bonds is 2. The lowest BCUT2D eigenvalue weighted by molar-refractivity contribution is -0.139. The zero-order valence-electron chi connectivity index (χ0n) is 10.1. The number of ether oxygens (including phenoxy) is 2. The van der Waals surface area contributed by atoms with Crippen LogP contribution in [0.2, 0.25) is 5.15 Å². The predicted molar refractivity (Wildman–Crippen MR) is 65.7 cm³/mol. The van der Waals surface area contributed by atoms with E-state index < -0.39 is 17.5 Å². The Hall–Kier alpha value is -1.15. The second kappa shape index (κ2) is 4.85. The zero-order chi connectivity index (χ0) is 13.3.